The molecule has 1 aliphatic carbocycles. The second-order valence-electron chi connectivity index (χ2n) is 11.8. The van der Waals surface area contributed by atoms with Gasteiger partial charge in [-0.2, -0.15) is 0 Å². The number of rotatable bonds is 10. The number of aliphatic hydroxyl groups is 2. The van der Waals surface area contributed by atoms with Gasteiger partial charge in [-0.25, -0.2) is 0 Å². The Hall–Kier alpha value is -2.19. The van der Waals surface area contributed by atoms with Crippen molar-refractivity contribution in [2.75, 3.05) is 13.2 Å². The first kappa shape index (κ1) is 31.8. The van der Waals surface area contributed by atoms with Gasteiger partial charge < -0.3 is 20.4 Å². The summed E-state index contributed by atoms with van der Waals surface area (Å²) < 4.78 is 0. The Morgan fingerprint density at radius 1 is 0.972 bits per heavy atom. The Morgan fingerprint density at radius 3 is 1.97 bits per heavy atom. The fraction of sp³-hybridized carbons (Fsp3) is 0.750. The SMILES string of the molecule is C=CC(=O)CCC1=C(O)CC(C)(C)C(CCO)(N2CCCCC2(C)C)C1(C)C.O=C(O)CCC(=O)O. The minimum atomic E-state index is -1.08. The van der Waals surface area contributed by atoms with Crippen LogP contribution in [0.1, 0.15) is 99.3 Å². The molecule has 0 amide bonds. The molecule has 0 radical (unpaired) electrons. The standard InChI is InChI=1S/C24H41NO3.C4H6O4/c1-8-18(27)11-12-19-20(28)17-21(2,3)24(14-16-26,23(19,6)7)25-15-10-9-13-22(25,4)5;5-3(6)1-2-4(7)8/h8,26,28H,1,9-17H2,2-7H3;1-2H2,(H,5,6)(H,7,8). The number of carboxylic acid groups (broad SMARTS) is 2. The van der Waals surface area contributed by atoms with Crippen LogP contribution in [0.2, 0.25) is 0 Å². The van der Waals surface area contributed by atoms with Crippen molar-refractivity contribution in [2.24, 2.45) is 10.8 Å². The van der Waals surface area contributed by atoms with Gasteiger partial charge in [-0.3, -0.25) is 19.3 Å². The minimum absolute atomic E-state index is 0.00648. The molecule has 0 bridgehead atoms. The van der Waals surface area contributed by atoms with Crippen molar-refractivity contribution in [3.05, 3.63) is 24.0 Å². The van der Waals surface area contributed by atoms with E-state index in [4.69, 9.17) is 10.2 Å². The summed E-state index contributed by atoms with van der Waals surface area (Å²) in [7, 11) is 0. The van der Waals surface area contributed by atoms with E-state index in [0.717, 1.165) is 25.0 Å². The Kier molecular flexibility index (Phi) is 10.9. The lowest BCUT2D eigenvalue weighted by molar-refractivity contribution is -0.164. The van der Waals surface area contributed by atoms with Crippen LogP contribution < -0.4 is 0 Å². The highest BCUT2D eigenvalue weighted by Crippen LogP contribution is 2.62. The molecule has 0 aromatic heterocycles. The van der Waals surface area contributed by atoms with Gasteiger partial charge in [0.05, 0.1) is 18.6 Å². The normalized spacial score (nSPS) is 24.9. The van der Waals surface area contributed by atoms with Crippen LogP contribution in [-0.2, 0) is 14.4 Å². The largest absolute Gasteiger partial charge is 0.512 e. The molecule has 4 N–H and O–H groups in total. The molecular weight excluding hydrogens is 462 g/mol. The van der Waals surface area contributed by atoms with Crippen LogP contribution in [0.4, 0.5) is 0 Å². The molecule has 0 aromatic carbocycles. The molecule has 2 rings (SSSR count). The van der Waals surface area contributed by atoms with E-state index in [0.29, 0.717) is 31.4 Å². The molecule has 1 unspecified atom stereocenters. The van der Waals surface area contributed by atoms with E-state index < -0.39 is 11.9 Å². The molecule has 1 fully saturated rings. The van der Waals surface area contributed by atoms with E-state index in [1.807, 2.05) is 0 Å². The number of likely N-dealkylation sites (tertiary alicyclic amines) is 1. The first-order valence-electron chi connectivity index (χ1n) is 12.9. The zero-order valence-corrected chi connectivity index (χ0v) is 23.0. The van der Waals surface area contributed by atoms with Crippen molar-refractivity contribution in [3.63, 3.8) is 0 Å². The van der Waals surface area contributed by atoms with Crippen molar-refractivity contribution in [2.45, 2.75) is 110 Å². The van der Waals surface area contributed by atoms with Crippen LogP contribution in [0.5, 0.6) is 0 Å². The molecule has 1 saturated heterocycles. The molecule has 0 aromatic rings. The summed E-state index contributed by atoms with van der Waals surface area (Å²) in [6, 6.07) is 0. The number of carboxylic acids is 2. The molecule has 206 valence electrons. The van der Waals surface area contributed by atoms with Crippen LogP contribution in [0.25, 0.3) is 0 Å². The van der Waals surface area contributed by atoms with Crippen LogP contribution in [0.3, 0.4) is 0 Å². The van der Waals surface area contributed by atoms with Gasteiger partial charge in [0.1, 0.15) is 0 Å². The van der Waals surface area contributed by atoms with Gasteiger partial charge in [0, 0.05) is 35.9 Å². The number of carbonyl (C=O) groups is 3. The number of ketones is 1. The lowest BCUT2D eigenvalue weighted by Crippen LogP contribution is -2.73. The molecular formula is C28H47NO7. The van der Waals surface area contributed by atoms with E-state index in [1.54, 1.807) is 0 Å². The summed E-state index contributed by atoms with van der Waals surface area (Å²) in [5, 5.41) is 37.0. The maximum atomic E-state index is 11.9. The minimum Gasteiger partial charge on any atom is -0.512 e. The molecule has 1 atom stereocenters. The maximum absolute atomic E-state index is 11.9. The number of hydrogen-bond acceptors (Lipinski definition) is 6. The van der Waals surface area contributed by atoms with Gasteiger partial charge in [0.2, 0.25) is 0 Å². The Bertz CT molecular complexity index is 842. The van der Waals surface area contributed by atoms with Crippen LogP contribution >= 0.6 is 0 Å². The maximum Gasteiger partial charge on any atom is 0.303 e. The molecule has 0 saturated carbocycles. The molecule has 2 aliphatic rings. The molecule has 8 heteroatoms. The number of aliphatic carboxylic acids is 2. The smallest absolute Gasteiger partial charge is 0.303 e. The fourth-order valence-electron chi connectivity index (χ4n) is 6.77. The quantitative estimate of drug-likeness (QED) is 0.298. The van der Waals surface area contributed by atoms with E-state index in [1.165, 1.54) is 12.5 Å². The summed E-state index contributed by atoms with van der Waals surface area (Å²) >= 11 is 0. The monoisotopic (exact) mass is 509 g/mol. The summed E-state index contributed by atoms with van der Waals surface area (Å²) in [4.78, 5) is 33.8. The van der Waals surface area contributed by atoms with Gasteiger partial charge >= 0.3 is 11.9 Å². The van der Waals surface area contributed by atoms with Crippen LogP contribution in [0, 0.1) is 10.8 Å². The number of aliphatic hydroxyl groups excluding tert-OH is 2. The molecule has 0 spiro atoms. The van der Waals surface area contributed by atoms with E-state index >= 15 is 0 Å². The van der Waals surface area contributed by atoms with Gasteiger partial charge in [-0.15, -0.1) is 0 Å². The van der Waals surface area contributed by atoms with Gasteiger partial charge in [-0.1, -0.05) is 40.7 Å². The number of allylic oxidation sites excluding steroid dienone is 2. The summed E-state index contributed by atoms with van der Waals surface area (Å²) in [5.74, 6) is -1.72. The van der Waals surface area contributed by atoms with Crippen molar-refractivity contribution in [1.29, 1.82) is 0 Å². The summed E-state index contributed by atoms with van der Waals surface area (Å²) in [6.45, 7) is 18.2. The predicted octanol–water partition coefficient (Wildman–Crippen LogP) is 5.11. The first-order chi connectivity index (χ1) is 16.5. The zero-order chi connectivity index (χ0) is 27.9. The van der Waals surface area contributed by atoms with Crippen LogP contribution in [-0.4, -0.2) is 67.3 Å². The lowest BCUT2D eigenvalue weighted by Gasteiger charge is -2.68. The molecule has 1 heterocycles. The average molecular weight is 510 g/mol. The third kappa shape index (κ3) is 6.76. The van der Waals surface area contributed by atoms with E-state index in [-0.39, 0.29) is 47.1 Å². The second kappa shape index (κ2) is 12.4. The van der Waals surface area contributed by atoms with Gasteiger partial charge in [0.25, 0.3) is 0 Å². The summed E-state index contributed by atoms with van der Waals surface area (Å²) in [5.41, 5.74) is 0.0903. The lowest BCUT2D eigenvalue weighted by atomic mass is 9.48. The Labute approximate surface area is 216 Å². The van der Waals surface area contributed by atoms with Crippen molar-refractivity contribution in [3.8, 4) is 0 Å². The average Bonchev–Trinajstić information content (AvgIpc) is 2.75. The molecule has 36 heavy (non-hydrogen) atoms. The van der Waals surface area contributed by atoms with Crippen molar-refractivity contribution in [1.82, 2.24) is 4.90 Å². The Morgan fingerprint density at radius 2 is 1.53 bits per heavy atom. The molecule has 8 nitrogen and oxygen atoms in total. The van der Waals surface area contributed by atoms with E-state index in [2.05, 4.69) is 53.0 Å². The second-order valence-corrected chi connectivity index (χ2v) is 11.8. The Balaban J connectivity index is 0.000000697. The number of hydrogen-bond donors (Lipinski definition) is 4. The van der Waals surface area contributed by atoms with E-state index in [9.17, 15) is 24.6 Å². The third-order valence-corrected chi connectivity index (χ3v) is 8.35. The fourth-order valence-corrected chi connectivity index (χ4v) is 6.77. The molecule has 1 aliphatic heterocycles. The highest BCUT2D eigenvalue weighted by Gasteiger charge is 2.64. The van der Waals surface area contributed by atoms with Crippen LogP contribution in [0.15, 0.2) is 24.0 Å². The van der Waals surface area contributed by atoms with Gasteiger partial charge in [-0.05, 0) is 63.1 Å². The van der Waals surface area contributed by atoms with Gasteiger partial charge in [0.15, 0.2) is 5.78 Å². The number of piperidine rings is 1. The first-order valence-corrected chi connectivity index (χ1v) is 12.9. The number of nitrogens with zero attached hydrogens (tertiary/aromatic N) is 1. The van der Waals surface area contributed by atoms with Crippen molar-refractivity contribution < 1.29 is 34.8 Å². The zero-order valence-electron chi connectivity index (χ0n) is 23.0. The summed E-state index contributed by atoms with van der Waals surface area (Å²) in [6.07, 6.45) is 6.42. The highest BCUT2D eigenvalue weighted by molar-refractivity contribution is 5.89. The highest BCUT2D eigenvalue weighted by atomic mass is 16.4. The number of carbonyl (C=O) groups excluding carboxylic acids is 1. The third-order valence-electron chi connectivity index (χ3n) is 8.35. The van der Waals surface area contributed by atoms with Crippen molar-refractivity contribution >= 4 is 17.7 Å². The predicted molar refractivity (Wildman–Crippen MR) is 140 cm³/mol. The topological polar surface area (TPSA) is 135 Å².